The van der Waals surface area contributed by atoms with Crippen molar-refractivity contribution in [2.45, 2.75) is 46.7 Å². The highest BCUT2D eigenvalue weighted by molar-refractivity contribution is 5.22. The second-order valence-corrected chi connectivity index (χ2v) is 5.74. The summed E-state index contributed by atoms with van der Waals surface area (Å²) in [6.45, 7) is 9.77. The highest BCUT2D eigenvalue weighted by atomic mass is 16.3. The van der Waals surface area contributed by atoms with Gasteiger partial charge in [-0.05, 0) is 36.3 Å². The van der Waals surface area contributed by atoms with Crippen molar-refractivity contribution < 1.29 is 5.11 Å². The normalized spacial score (nSPS) is 14.8. The highest BCUT2D eigenvalue weighted by Crippen LogP contribution is 2.10. The van der Waals surface area contributed by atoms with Crippen molar-refractivity contribution >= 4 is 0 Å². The van der Waals surface area contributed by atoms with E-state index in [9.17, 15) is 0 Å². The van der Waals surface area contributed by atoms with Gasteiger partial charge >= 0.3 is 0 Å². The van der Waals surface area contributed by atoms with Crippen molar-refractivity contribution in [1.29, 1.82) is 0 Å². The number of aliphatic hydroxyl groups is 1. The van der Waals surface area contributed by atoms with Crippen LogP contribution in [0.25, 0.3) is 0 Å². The zero-order valence-corrected chi connectivity index (χ0v) is 12.1. The summed E-state index contributed by atoms with van der Waals surface area (Å²) in [6.07, 6.45) is 1.14. The first-order valence-corrected chi connectivity index (χ1v) is 6.95. The number of hydrogen-bond acceptors (Lipinski definition) is 2. The van der Waals surface area contributed by atoms with Crippen LogP contribution in [-0.2, 0) is 13.0 Å². The summed E-state index contributed by atoms with van der Waals surface area (Å²) < 4.78 is 0. The minimum Gasteiger partial charge on any atom is -0.396 e. The molecule has 0 radical (unpaired) electrons. The van der Waals surface area contributed by atoms with Crippen molar-refractivity contribution in [3.05, 3.63) is 35.4 Å². The summed E-state index contributed by atoms with van der Waals surface area (Å²) in [6, 6.07) is 9.17. The first kappa shape index (κ1) is 15.2. The van der Waals surface area contributed by atoms with Gasteiger partial charge in [0, 0.05) is 19.2 Å². The summed E-state index contributed by atoms with van der Waals surface area (Å²) in [5, 5.41) is 12.5. The van der Waals surface area contributed by atoms with E-state index in [1.165, 1.54) is 11.1 Å². The minimum atomic E-state index is 0.238. The third-order valence-electron chi connectivity index (χ3n) is 3.44. The SMILES string of the molecule is CC(C)Cc1ccc(CNC(C)C(C)CO)cc1. The number of rotatable bonds is 7. The molecule has 0 bridgehead atoms. The average molecular weight is 249 g/mol. The smallest absolute Gasteiger partial charge is 0.0471 e. The Hall–Kier alpha value is -0.860. The molecule has 0 aliphatic rings. The Morgan fingerprint density at radius 1 is 1.00 bits per heavy atom. The van der Waals surface area contributed by atoms with E-state index >= 15 is 0 Å². The molecule has 18 heavy (non-hydrogen) atoms. The first-order valence-electron chi connectivity index (χ1n) is 6.95. The summed E-state index contributed by atoms with van der Waals surface area (Å²) in [5.41, 5.74) is 2.71. The molecule has 2 N–H and O–H groups in total. The number of benzene rings is 1. The Balaban J connectivity index is 2.44. The van der Waals surface area contributed by atoms with Crippen LogP contribution in [0.1, 0.15) is 38.8 Å². The molecule has 1 aromatic rings. The van der Waals surface area contributed by atoms with Crippen LogP contribution in [0.4, 0.5) is 0 Å². The molecule has 102 valence electrons. The van der Waals surface area contributed by atoms with E-state index in [0.717, 1.165) is 13.0 Å². The van der Waals surface area contributed by atoms with Crippen molar-refractivity contribution in [3.8, 4) is 0 Å². The summed E-state index contributed by atoms with van der Waals surface area (Å²) in [7, 11) is 0. The number of nitrogens with one attached hydrogen (secondary N) is 1. The standard InChI is InChI=1S/C16H27NO/c1-12(2)9-15-5-7-16(8-6-15)10-17-14(4)13(3)11-18/h5-8,12-14,17-18H,9-11H2,1-4H3. The third kappa shape index (κ3) is 5.19. The summed E-state index contributed by atoms with van der Waals surface area (Å²) >= 11 is 0. The molecule has 1 rings (SSSR count). The zero-order valence-electron chi connectivity index (χ0n) is 12.1. The molecule has 0 aromatic heterocycles. The lowest BCUT2D eigenvalue weighted by molar-refractivity contribution is 0.207. The van der Waals surface area contributed by atoms with Gasteiger partial charge in [-0.25, -0.2) is 0 Å². The van der Waals surface area contributed by atoms with Crippen LogP contribution >= 0.6 is 0 Å². The Labute approximate surface area is 111 Å². The third-order valence-corrected chi connectivity index (χ3v) is 3.44. The average Bonchev–Trinajstić information content (AvgIpc) is 2.36. The van der Waals surface area contributed by atoms with E-state index in [-0.39, 0.29) is 6.61 Å². The quantitative estimate of drug-likeness (QED) is 0.778. The number of aliphatic hydroxyl groups excluding tert-OH is 1. The lowest BCUT2D eigenvalue weighted by Crippen LogP contribution is -2.33. The van der Waals surface area contributed by atoms with Gasteiger partial charge in [0.05, 0.1) is 0 Å². The van der Waals surface area contributed by atoms with E-state index in [4.69, 9.17) is 5.11 Å². The fraction of sp³-hybridized carbons (Fsp3) is 0.625. The van der Waals surface area contributed by atoms with Gasteiger partial charge in [0.25, 0.3) is 0 Å². The number of hydrogen-bond donors (Lipinski definition) is 2. The van der Waals surface area contributed by atoms with Crippen LogP contribution in [-0.4, -0.2) is 17.8 Å². The maximum Gasteiger partial charge on any atom is 0.0471 e. The van der Waals surface area contributed by atoms with Crippen LogP contribution in [0.5, 0.6) is 0 Å². The molecular weight excluding hydrogens is 222 g/mol. The summed E-state index contributed by atoms with van der Waals surface area (Å²) in [4.78, 5) is 0. The second kappa shape index (κ2) is 7.55. The fourth-order valence-corrected chi connectivity index (χ4v) is 1.90. The lowest BCUT2D eigenvalue weighted by Gasteiger charge is -2.19. The van der Waals surface area contributed by atoms with E-state index in [1.54, 1.807) is 0 Å². The van der Waals surface area contributed by atoms with Crippen LogP contribution in [0.15, 0.2) is 24.3 Å². The van der Waals surface area contributed by atoms with E-state index < -0.39 is 0 Å². The van der Waals surface area contributed by atoms with E-state index in [1.807, 2.05) is 0 Å². The first-order chi connectivity index (χ1) is 8.52. The molecule has 0 saturated carbocycles. The summed E-state index contributed by atoms with van der Waals surface area (Å²) in [5.74, 6) is 1.00. The molecule has 0 aliphatic heterocycles. The molecule has 2 nitrogen and oxygen atoms in total. The predicted molar refractivity (Wildman–Crippen MR) is 77.5 cm³/mol. The monoisotopic (exact) mass is 249 g/mol. The molecular formula is C16H27NO. The van der Waals surface area contributed by atoms with Gasteiger partial charge in [0.2, 0.25) is 0 Å². The molecule has 0 aliphatic carbocycles. The van der Waals surface area contributed by atoms with E-state index in [0.29, 0.717) is 17.9 Å². The van der Waals surface area contributed by atoms with Gasteiger partial charge in [0.15, 0.2) is 0 Å². The Morgan fingerprint density at radius 3 is 2.06 bits per heavy atom. The van der Waals surface area contributed by atoms with Crippen molar-refractivity contribution in [1.82, 2.24) is 5.32 Å². The van der Waals surface area contributed by atoms with Gasteiger partial charge in [-0.3, -0.25) is 0 Å². The molecule has 2 unspecified atom stereocenters. The van der Waals surface area contributed by atoms with Gasteiger partial charge in [0.1, 0.15) is 0 Å². The van der Waals surface area contributed by atoms with Crippen LogP contribution in [0.3, 0.4) is 0 Å². The maximum atomic E-state index is 9.08. The van der Waals surface area contributed by atoms with Gasteiger partial charge < -0.3 is 10.4 Å². The largest absolute Gasteiger partial charge is 0.396 e. The fourth-order valence-electron chi connectivity index (χ4n) is 1.90. The molecule has 2 atom stereocenters. The van der Waals surface area contributed by atoms with E-state index in [2.05, 4.69) is 57.3 Å². The highest BCUT2D eigenvalue weighted by Gasteiger charge is 2.09. The molecule has 0 spiro atoms. The van der Waals surface area contributed by atoms with Crippen LogP contribution in [0, 0.1) is 11.8 Å². The molecule has 0 fully saturated rings. The molecule has 1 aromatic carbocycles. The Kier molecular flexibility index (Phi) is 6.37. The molecule has 0 saturated heterocycles. The van der Waals surface area contributed by atoms with Crippen LogP contribution in [0.2, 0.25) is 0 Å². The molecule has 0 amide bonds. The minimum absolute atomic E-state index is 0.238. The van der Waals surface area contributed by atoms with Gasteiger partial charge in [-0.1, -0.05) is 45.0 Å². The Morgan fingerprint density at radius 2 is 1.56 bits per heavy atom. The molecule has 0 heterocycles. The van der Waals surface area contributed by atoms with Crippen molar-refractivity contribution in [2.75, 3.05) is 6.61 Å². The second-order valence-electron chi connectivity index (χ2n) is 5.74. The van der Waals surface area contributed by atoms with Crippen molar-refractivity contribution in [3.63, 3.8) is 0 Å². The van der Waals surface area contributed by atoms with Gasteiger partial charge in [-0.15, -0.1) is 0 Å². The topological polar surface area (TPSA) is 32.3 Å². The maximum absolute atomic E-state index is 9.08. The molecule has 2 heteroatoms. The lowest BCUT2D eigenvalue weighted by atomic mass is 10.0. The van der Waals surface area contributed by atoms with Gasteiger partial charge in [-0.2, -0.15) is 0 Å². The zero-order chi connectivity index (χ0) is 13.5. The Bertz CT molecular complexity index is 331. The van der Waals surface area contributed by atoms with Crippen molar-refractivity contribution in [2.24, 2.45) is 11.8 Å². The predicted octanol–water partition coefficient (Wildman–Crippen LogP) is 2.99. The van der Waals surface area contributed by atoms with Crippen LogP contribution < -0.4 is 5.32 Å².